The summed E-state index contributed by atoms with van der Waals surface area (Å²) in [6, 6.07) is 3.81. The van der Waals surface area contributed by atoms with Crippen molar-refractivity contribution in [2.45, 2.75) is 38.0 Å². The number of benzene rings is 1. The number of halogens is 4. The van der Waals surface area contributed by atoms with Gasteiger partial charge in [-0.3, -0.25) is 0 Å². The Bertz CT molecular complexity index is 479. The minimum Gasteiger partial charge on any atom is -0.496 e. The average Bonchev–Trinajstić information content (AvgIpc) is 2.45. The zero-order chi connectivity index (χ0) is 15.6. The maximum Gasteiger partial charge on any atom is 0.391 e. The van der Waals surface area contributed by atoms with Crippen molar-refractivity contribution in [1.82, 2.24) is 0 Å². The van der Waals surface area contributed by atoms with Crippen molar-refractivity contribution in [3.8, 4) is 5.75 Å². The fraction of sp³-hybridized carbons (Fsp3) is 0.600. The van der Waals surface area contributed by atoms with E-state index in [0.29, 0.717) is 11.3 Å². The topological polar surface area (TPSA) is 29.5 Å². The van der Waals surface area contributed by atoms with Crippen molar-refractivity contribution in [3.05, 3.63) is 29.6 Å². The summed E-state index contributed by atoms with van der Waals surface area (Å²) in [6.45, 7) is 0. The van der Waals surface area contributed by atoms with Crippen LogP contribution in [0.25, 0.3) is 0 Å². The summed E-state index contributed by atoms with van der Waals surface area (Å²) in [5.41, 5.74) is 0.299. The first kappa shape index (κ1) is 16.1. The summed E-state index contributed by atoms with van der Waals surface area (Å²) in [4.78, 5) is 0. The van der Waals surface area contributed by atoms with E-state index in [1.165, 1.54) is 25.3 Å². The number of methoxy groups -OCH3 is 1. The summed E-state index contributed by atoms with van der Waals surface area (Å²) < 4.78 is 56.3. The Balaban J connectivity index is 2.08. The Kier molecular flexibility index (Phi) is 4.76. The molecule has 0 spiro atoms. The van der Waals surface area contributed by atoms with Gasteiger partial charge in [0, 0.05) is 5.56 Å². The minimum atomic E-state index is -4.17. The van der Waals surface area contributed by atoms with Crippen LogP contribution in [0.5, 0.6) is 5.75 Å². The molecule has 1 aromatic rings. The van der Waals surface area contributed by atoms with Gasteiger partial charge in [-0.15, -0.1) is 0 Å². The lowest BCUT2D eigenvalue weighted by atomic mass is 9.77. The molecule has 1 fully saturated rings. The highest BCUT2D eigenvalue weighted by Crippen LogP contribution is 2.44. The van der Waals surface area contributed by atoms with Gasteiger partial charge in [0.2, 0.25) is 0 Å². The van der Waals surface area contributed by atoms with E-state index in [1.807, 2.05) is 0 Å². The lowest BCUT2D eigenvalue weighted by Gasteiger charge is -2.32. The van der Waals surface area contributed by atoms with Crippen LogP contribution < -0.4 is 4.74 Å². The van der Waals surface area contributed by atoms with Crippen molar-refractivity contribution in [3.63, 3.8) is 0 Å². The van der Waals surface area contributed by atoms with Gasteiger partial charge in [0.25, 0.3) is 0 Å². The van der Waals surface area contributed by atoms with Gasteiger partial charge in [0.15, 0.2) is 0 Å². The SMILES string of the molecule is COc1ccc(F)cc1C(O)C1CCC(C(F)(F)F)CC1. The van der Waals surface area contributed by atoms with Crippen LogP contribution in [0.2, 0.25) is 0 Å². The largest absolute Gasteiger partial charge is 0.496 e. The molecule has 1 aliphatic rings. The van der Waals surface area contributed by atoms with E-state index in [1.54, 1.807) is 0 Å². The monoisotopic (exact) mass is 306 g/mol. The van der Waals surface area contributed by atoms with Gasteiger partial charge >= 0.3 is 6.18 Å². The lowest BCUT2D eigenvalue weighted by molar-refractivity contribution is -0.185. The summed E-state index contributed by atoms with van der Waals surface area (Å²) in [5, 5.41) is 10.3. The molecule has 0 aromatic heterocycles. The number of aliphatic hydroxyl groups is 1. The number of hydrogen-bond donors (Lipinski definition) is 1. The van der Waals surface area contributed by atoms with Gasteiger partial charge in [-0.05, 0) is 49.8 Å². The first-order chi connectivity index (χ1) is 9.82. The molecule has 0 saturated heterocycles. The van der Waals surface area contributed by atoms with E-state index >= 15 is 0 Å². The molecule has 0 aliphatic heterocycles. The molecule has 118 valence electrons. The van der Waals surface area contributed by atoms with E-state index in [4.69, 9.17) is 4.74 Å². The molecule has 1 atom stereocenters. The average molecular weight is 306 g/mol. The highest BCUT2D eigenvalue weighted by Gasteiger charge is 2.42. The van der Waals surface area contributed by atoms with Gasteiger partial charge in [-0.2, -0.15) is 13.2 Å². The molecule has 1 aromatic carbocycles. The first-order valence-corrected chi connectivity index (χ1v) is 6.91. The molecule has 0 radical (unpaired) electrons. The molecule has 0 heterocycles. The Hall–Kier alpha value is -1.30. The molecular formula is C15H18F4O2. The van der Waals surface area contributed by atoms with Crippen LogP contribution in [0.4, 0.5) is 17.6 Å². The Morgan fingerprint density at radius 2 is 1.81 bits per heavy atom. The fourth-order valence-electron chi connectivity index (χ4n) is 2.95. The van der Waals surface area contributed by atoms with Crippen LogP contribution in [0.3, 0.4) is 0 Å². The molecule has 2 nitrogen and oxygen atoms in total. The maximum absolute atomic E-state index is 13.3. The molecule has 1 N–H and O–H groups in total. The second-order valence-corrected chi connectivity index (χ2v) is 5.48. The number of hydrogen-bond acceptors (Lipinski definition) is 2. The zero-order valence-electron chi connectivity index (χ0n) is 11.7. The third kappa shape index (κ3) is 3.67. The smallest absolute Gasteiger partial charge is 0.391 e. The van der Waals surface area contributed by atoms with Gasteiger partial charge in [0.05, 0.1) is 19.1 Å². The Morgan fingerprint density at radius 1 is 1.19 bits per heavy atom. The Labute approximate surface area is 120 Å². The van der Waals surface area contributed by atoms with Crippen LogP contribution in [0, 0.1) is 17.7 Å². The minimum absolute atomic E-state index is 0.00284. The number of alkyl halides is 3. The van der Waals surface area contributed by atoms with Crippen LogP contribution >= 0.6 is 0 Å². The lowest BCUT2D eigenvalue weighted by Crippen LogP contribution is -2.29. The van der Waals surface area contributed by atoms with Crippen molar-refractivity contribution in [2.75, 3.05) is 7.11 Å². The number of rotatable bonds is 3. The molecule has 1 aliphatic carbocycles. The Morgan fingerprint density at radius 3 is 2.33 bits per heavy atom. The van der Waals surface area contributed by atoms with Gasteiger partial charge in [0.1, 0.15) is 11.6 Å². The molecule has 0 bridgehead atoms. The van der Waals surface area contributed by atoms with Crippen LogP contribution in [-0.2, 0) is 0 Å². The molecule has 2 rings (SSSR count). The summed E-state index contributed by atoms with van der Waals surface area (Å²) >= 11 is 0. The second-order valence-electron chi connectivity index (χ2n) is 5.48. The molecule has 21 heavy (non-hydrogen) atoms. The van der Waals surface area contributed by atoms with Crippen molar-refractivity contribution >= 4 is 0 Å². The molecular weight excluding hydrogens is 288 g/mol. The molecule has 1 unspecified atom stereocenters. The van der Waals surface area contributed by atoms with Crippen molar-refractivity contribution in [1.29, 1.82) is 0 Å². The van der Waals surface area contributed by atoms with Gasteiger partial charge < -0.3 is 9.84 Å². The number of ether oxygens (including phenoxy) is 1. The van der Waals surface area contributed by atoms with E-state index in [2.05, 4.69) is 0 Å². The quantitative estimate of drug-likeness (QED) is 0.847. The zero-order valence-corrected chi connectivity index (χ0v) is 11.7. The fourth-order valence-corrected chi connectivity index (χ4v) is 2.95. The van der Waals surface area contributed by atoms with Crippen molar-refractivity contribution < 1.29 is 27.4 Å². The van der Waals surface area contributed by atoms with E-state index in [9.17, 15) is 22.7 Å². The third-order valence-corrected chi connectivity index (χ3v) is 4.19. The standard InChI is InChI=1S/C15H18F4O2/c1-21-13-7-6-11(16)8-12(13)14(20)9-2-4-10(5-3-9)15(17,18)19/h6-10,14,20H,2-5H2,1H3. The highest BCUT2D eigenvalue weighted by molar-refractivity contribution is 5.36. The predicted molar refractivity (Wildman–Crippen MR) is 69.4 cm³/mol. The van der Waals surface area contributed by atoms with Crippen molar-refractivity contribution in [2.24, 2.45) is 11.8 Å². The maximum atomic E-state index is 13.3. The third-order valence-electron chi connectivity index (χ3n) is 4.19. The van der Waals surface area contributed by atoms with Gasteiger partial charge in [-0.1, -0.05) is 0 Å². The summed E-state index contributed by atoms with van der Waals surface area (Å²) in [7, 11) is 1.41. The highest BCUT2D eigenvalue weighted by atomic mass is 19.4. The first-order valence-electron chi connectivity index (χ1n) is 6.91. The predicted octanol–water partition coefficient (Wildman–Crippen LogP) is 4.24. The summed E-state index contributed by atoms with van der Waals surface area (Å²) in [6.07, 6.45) is -4.64. The van der Waals surface area contributed by atoms with Crippen LogP contribution in [0.1, 0.15) is 37.4 Å². The van der Waals surface area contributed by atoms with Crippen LogP contribution in [-0.4, -0.2) is 18.4 Å². The van der Waals surface area contributed by atoms with Gasteiger partial charge in [-0.25, -0.2) is 4.39 Å². The second kappa shape index (κ2) is 6.22. The normalized spacial score (nSPS) is 24.7. The van der Waals surface area contributed by atoms with E-state index in [-0.39, 0.29) is 31.6 Å². The van der Waals surface area contributed by atoms with Crippen LogP contribution in [0.15, 0.2) is 18.2 Å². The molecule has 0 amide bonds. The molecule has 6 heteroatoms. The summed E-state index contributed by atoms with van der Waals surface area (Å²) in [5.74, 6) is -1.76. The number of aliphatic hydroxyl groups excluding tert-OH is 1. The van der Waals surface area contributed by atoms with E-state index in [0.717, 1.165) is 0 Å². The van der Waals surface area contributed by atoms with E-state index < -0.39 is 24.0 Å². The molecule has 1 saturated carbocycles.